The monoisotopic (exact) mass is 389 g/mol. The first-order valence-corrected chi connectivity index (χ1v) is 8.96. The Labute approximate surface area is 166 Å². The third-order valence-corrected chi connectivity index (χ3v) is 4.37. The van der Waals surface area contributed by atoms with Crippen LogP contribution in [-0.2, 0) is 0 Å². The van der Waals surface area contributed by atoms with Crippen LogP contribution < -0.4 is 10.7 Å². The number of aromatic nitrogens is 2. The fourth-order valence-electron chi connectivity index (χ4n) is 2.71. The minimum atomic E-state index is -0.264. The number of imidazole rings is 1. The molecule has 0 spiro atoms. The smallest absolute Gasteiger partial charge is 0.257 e. The zero-order valence-electron chi connectivity index (χ0n) is 14.7. The van der Waals surface area contributed by atoms with Crippen molar-refractivity contribution in [1.29, 1.82) is 0 Å². The van der Waals surface area contributed by atoms with Crippen LogP contribution in [0.1, 0.15) is 15.9 Å². The molecule has 0 unspecified atom stereocenters. The first-order chi connectivity index (χ1) is 13.7. The van der Waals surface area contributed by atoms with Gasteiger partial charge in [0.15, 0.2) is 0 Å². The van der Waals surface area contributed by atoms with Crippen LogP contribution in [0.5, 0.6) is 0 Å². The average Bonchev–Trinajstić information content (AvgIpc) is 3.11. The second kappa shape index (κ2) is 7.94. The number of H-pyrrole nitrogens is 1. The van der Waals surface area contributed by atoms with Gasteiger partial charge in [-0.1, -0.05) is 48.0 Å². The first-order valence-electron chi connectivity index (χ1n) is 8.59. The molecule has 4 rings (SSSR count). The van der Waals surface area contributed by atoms with Crippen LogP contribution in [0, 0.1) is 0 Å². The Hall–Kier alpha value is -3.64. The lowest BCUT2D eigenvalue weighted by atomic mass is 10.2. The minimum absolute atomic E-state index is 0.264. The van der Waals surface area contributed by atoms with E-state index in [2.05, 4.69) is 25.8 Å². The number of halogens is 1. The number of nitrogens with zero attached hydrogens (tertiary/aromatic N) is 2. The maximum atomic E-state index is 12.4. The Morgan fingerprint density at radius 3 is 2.71 bits per heavy atom. The molecule has 138 valence electrons. The van der Waals surface area contributed by atoms with E-state index in [-0.39, 0.29) is 5.91 Å². The standard InChI is InChI=1S/C21H16ClN5O/c22-17-9-2-1-8-16(17)20(28)24-15-7-5-6-14(12-15)13-23-27-21-25-18-10-3-4-11-19(18)26-21/h1-13H,(H,24,28)(H2,25,26,27)/b23-13+. The van der Waals surface area contributed by atoms with Gasteiger partial charge in [0, 0.05) is 5.69 Å². The van der Waals surface area contributed by atoms with Gasteiger partial charge >= 0.3 is 0 Å². The molecule has 0 saturated heterocycles. The van der Waals surface area contributed by atoms with Gasteiger partial charge in [-0.15, -0.1) is 0 Å². The lowest BCUT2D eigenvalue weighted by Gasteiger charge is -2.07. The van der Waals surface area contributed by atoms with E-state index in [0.717, 1.165) is 16.6 Å². The van der Waals surface area contributed by atoms with Crippen LogP contribution in [-0.4, -0.2) is 22.1 Å². The number of hydrogen-bond acceptors (Lipinski definition) is 4. The van der Waals surface area contributed by atoms with Crippen LogP contribution in [0.2, 0.25) is 5.02 Å². The van der Waals surface area contributed by atoms with E-state index in [1.165, 1.54) is 0 Å². The number of fused-ring (bicyclic) bond motifs is 1. The first kappa shape index (κ1) is 17.8. The number of rotatable bonds is 5. The second-order valence-electron chi connectivity index (χ2n) is 6.03. The van der Waals surface area contributed by atoms with E-state index in [9.17, 15) is 4.79 Å². The van der Waals surface area contributed by atoms with Crippen molar-refractivity contribution in [2.45, 2.75) is 0 Å². The quantitative estimate of drug-likeness (QED) is 0.335. The van der Waals surface area contributed by atoms with E-state index < -0.39 is 0 Å². The average molecular weight is 390 g/mol. The number of carbonyl (C=O) groups is 1. The maximum absolute atomic E-state index is 12.4. The maximum Gasteiger partial charge on any atom is 0.257 e. The normalized spacial score (nSPS) is 11.0. The Bertz CT molecular complexity index is 1140. The summed E-state index contributed by atoms with van der Waals surface area (Å²) in [6.45, 7) is 0. The number of anilines is 2. The fraction of sp³-hybridized carbons (Fsp3) is 0. The van der Waals surface area contributed by atoms with E-state index in [4.69, 9.17) is 11.6 Å². The Balaban J connectivity index is 1.44. The number of para-hydroxylation sites is 2. The molecule has 3 N–H and O–H groups in total. The van der Waals surface area contributed by atoms with E-state index in [1.54, 1.807) is 36.5 Å². The van der Waals surface area contributed by atoms with Gasteiger partial charge in [-0.3, -0.25) is 4.79 Å². The van der Waals surface area contributed by atoms with E-state index in [0.29, 0.717) is 22.2 Å². The van der Waals surface area contributed by atoms with Gasteiger partial charge in [-0.2, -0.15) is 5.10 Å². The summed E-state index contributed by atoms with van der Waals surface area (Å²) >= 11 is 6.07. The molecule has 28 heavy (non-hydrogen) atoms. The predicted octanol–water partition coefficient (Wildman–Crippen LogP) is 4.91. The van der Waals surface area contributed by atoms with Crippen LogP contribution >= 0.6 is 11.6 Å². The number of amides is 1. The molecular formula is C21H16ClN5O. The number of hydrogen-bond donors (Lipinski definition) is 3. The van der Waals surface area contributed by atoms with Gasteiger partial charge in [-0.05, 0) is 42.0 Å². The molecule has 4 aromatic rings. The highest BCUT2D eigenvalue weighted by atomic mass is 35.5. The number of benzene rings is 3. The van der Waals surface area contributed by atoms with Crippen molar-refractivity contribution in [3.05, 3.63) is 88.9 Å². The summed E-state index contributed by atoms with van der Waals surface area (Å²) in [6.07, 6.45) is 1.65. The predicted molar refractivity (Wildman–Crippen MR) is 113 cm³/mol. The molecular weight excluding hydrogens is 374 g/mol. The molecule has 0 fully saturated rings. The van der Waals surface area contributed by atoms with Gasteiger partial charge in [0.25, 0.3) is 5.91 Å². The number of hydrazone groups is 1. The van der Waals surface area contributed by atoms with E-state index >= 15 is 0 Å². The van der Waals surface area contributed by atoms with Crippen LogP contribution in [0.25, 0.3) is 11.0 Å². The van der Waals surface area contributed by atoms with Crippen molar-refractivity contribution in [2.24, 2.45) is 5.10 Å². The number of aromatic amines is 1. The Kier molecular flexibility index (Phi) is 5.03. The molecule has 0 atom stereocenters. The summed E-state index contributed by atoms with van der Waals surface area (Å²) in [7, 11) is 0. The third kappa shape index (κ3) is 4.02. The zero-order valence-corrected chi connectivity index (χ0v) is 15.4. The number of carbonyl (C=O) groups excluding carboxylic acids is 1. The molecule has 1 aromatic heterocycles. The summed E-state index contributed by atoms with van der Waals surface area (Å²) < 4.78 is 0. The van der Waals surface area contributed by atoms with Crippen molar-refractivity contribution < 1.29 is 4.79 Å². The van der Waals surface area contributed by atoms with Crippen molar-refractivity contribution in [3.63, 3.8) is 0 Å². The summed E-state index contributed by atoms with van der Waals surface area (Å²) in [5, 5.41) is 7.45. The van der Waals surface area contributed by atoms with Crippen molar-refractivity contribution >= 4 is 46.4 Å². The molecule has 6 nitrogen and oxygen atoms in total. The highest BCUT2D eigenvalue weighted by Crippen LogP contribution is 2.18. The van der Waals surface area contributed by atoms with Gasteiger partial charge in [-0.25, -0.2) is 10.4 Å². The molecule has 0 bridgehead atoms. The zero-order chi connectivity index (χ0) is 19.3. The highest BCUT2D eigenvalue weighted by molar-refractivity contribution is 6.34. The Morgan fingerprint density at radius 1 is 1.04 bits per heavy atom. The van der Waals surface area contributed by atoms with Crippen molar-refractivity contribution in [2.75, 3.05) is 10.7 Å². The molecule has 0 aliphatic heterocycles. The van der Waals surface area contributed by atoms with Gasteiger partial charge < -0.3 is 10.3 Å². The third-order valence-electron chi connectivity index (χ3n) is 4.04. The van der Waals surface area contributed by atoms with Crippen molar-refractivity contribution in [1.82, 2.24) is 9.97 Å². The van der Waals surface area contributed by atoms with Gasteiger partial charge in [0.1, 0.15) is 0 Å². The molecule has 0 radical (unpaired) electrons. The van der Waals surface area contributed by atoms with E-state index in [1.807, 2.05) is 42.5 Å². The Morgan fingerprint density at radius 2 is 1.86 bits per heavy atom. The molecule has 7 heteroatoms. The molecule has 1 heterocycles. The van der Waals surface area contributed by atoms with Crippen LogP contribution in [0.3, 0.4) is 0 Å². The topological polar surface area (TPSA) is 82.2 Å². The van der Waals surface area contributed by atoms with Crippen LogP contribution in [0.4, 0.5) is 11.6 Å². The van der Waals surface area contributed by atoms with Crippen molar-refractivity contribution in [3.8, 4) is 0 Å². The molecule has 0 aliphatic carbocycles. The lowest BCUT2D eigenvalue weighted by molar-refractivity contribution is 0.102. The summed E-state index contributed by atoms with van der Waals surface area (Å²) in [5.41, 5.74) is 6.57. The van der Waals surface area contributed by atoms with Crippen LogP contribution in [0.15, 0.2) is 77.9 Å². The largest absolute Gasteiger partial charge is 0.323 e. The second-order valence-corrected chi connectivity index (χ2v) is 6.44. The molecule has 3 aromatic carbocycles. The fourth-order valence-corrected chi connectivity index (χ4v) is 2.94. The highest BCUT2D eigenvalue weighted by Gasteiger charge is 2.09. The molecule has 0 saturated carbocycles. The summed E-state index contributed by atoms with van der Waals surface area (Å²) in [6, 6.07) is 22.0. The summed E-state index contributed by atoms with van der Waals surface area (Å²) in [5.74, 6) is 0.292. The number of nitrogens with one attached hydrogen (secondary N) is 3. The molecule has 1 amide bonds. The minimum Gasteiger partial charge on any atom is -0.323 e. The SMILES string of the molecule is O=C(Nc1cccc(/C=N/Nc2nc3ccccc3[nH]2)c1)c1ccccc1Cl. The van der Waals surface area contributed by atoms with Gasteiger partial charge in [0.2, 0.25) is 5.95 Å². The summed E-state index contributed by atoms with van der Waals surface area (Å²) in [4.78, 5) is 19.9. The van der Waals surface area contributed by atoms with Gasteiger partial charge in [0.05, 0.1) is 27.8 Å². The lowest BCUT2D eigenvalue weighted by Crippen LogP contribution is -2.12. The molecule has 0 aliphatic rings.